The molecule has 4 aromatic rings. The van der Waals surface area contributed by atoms with Crippen LogP contribution in [0.4, 0.5) is 16.2 Å². The zero-order valence-electron chi connectivity index (χ0n) is 20.6. The maximum Gasteiger partial charge on any atom is 0.327 e. The number of para-hydroxylation sites is 1. The molecular formula is C28H28N6OS. The van der Waals surface area contributed by atoms with Gasteiger partial charge in [0.1, 0.15) is 6.33 Å². The van der Waals surface area contributed by atoms with E-state index < -0.39 is 0 Å². The fourth-order valence-corrected chi connectivity index (χ4v) is 4.97. The monoisotopic (exact) mass is 496 g/mol. The second-order valence-electron chi connectivity index (χ2n) is 8.84. The topological polar surface area (TPSA) is 75.4 Å². The zero-order valence-corrected chi connectivity index (χ0v) is 21.4. The summed E-state index contributed by atoms with van der Waals surface area (Å²) >= 11 is 1.62. The maximum atomic E-state index is 13.2. The Hall–Kier alpha value is -3.91. The van der Waals surface area contributed by atoms with Crippen LogP contribution in [0.2, 0.25) is 0 Å². The Morgan fingerprint density at radius 3 is 2.42 bits per heavy atom. The highest BCUT2D eigenvalue weighted by Crippen LogP contribution is 2.28. The summed E-state index contributed by atoms with van der Waals surface area (Å²) in [6.07, 6.45) is 2.64. The quantitative estimate of drug-likeness (QED) is 0.349. The molecule has 1 aromatic heterocycles. The van der Waals surface area contributed by atoms with Gasteiger partial charge in [0.25, 0.3) is 0 Å². The number of thioether (sulfide) groups is 1. The number of aryl methyl sites for hydroxylation is 3. The predicted molar refractivity (Wildman–Crippen MR) is 147 cm³/mol. The van der Waals surface area contributed by atoms with Crippen LogP contribution in [0.25, 0.3) is 17.1 Å². The minimum absolute atomic E-state index is 0.179. The number of amides is 2. The van der Waals surface area contributed by atoms with Crippen molar-refractivity contribution in [2.45, 2.75) is 27.2 Å². The number of nitrogens with zero attached hydrogens (tertiary/aromatic N) is 5. The Balaban J connectivity index is 1.30. The lowest BCUT2D eigenvalue weighted by Gasteiger charge is -2.28. The van der Waals surface area contributed by atoms with Crippen LogP contribution in [-0.4, -0.2) is 43.2 Å². The van der Waals surface area contributed by atoms with Crippen LogP contribution in [0.1, 0.15) is 23.1 Å². The SMILES string of the molecule is Cc1ccc(-n2cnc(-c3ccc(NC(=O)N4CCCS/C4=N\c4c(C)cccc4C)cc3)n2)cc1. The van der Waals surface area contributed by atoms with Crippen LogP contribution < -0.4 is 5.32 Å². The highest BCUT2D eigenvalue weighted by Gasteiger charge is 2.24. The molecule has 0 bridgehead atoms. The molecule has 1 aliphatic heterocycles. The molecule has 0 radical (unpaired) electrons. The summed E-state index contributed by atoms with van der Waals surface area (Å²) in [6, 6.07) is 21.7. The second kappa shape index (κ2) is 10.4. The fourth-order valence-electron chi connectivity index (χ4n) is 4.03. The molecule has 2 amide bonds. The first-order valence-corrected chi connectivity index (χ1v) is 12.9. The average molecular weight is 497 g/mol. The average Bonchev–Trinajstić information content (AvgIpc) is 3.38. The van der Waals surface area contributed by atoms with Gasteiger partial charge in [-0.1, -0.05) is 47.7 Å². The molecule has 0 atom stereocenters. The van der Waals surface area contributed by atoms with E-state index in [1.807, 2.05) is 80.6 Å². The molecule has 7 nitrogen and oxygen atoms in total. The van der Waals surface area contributed by atoms with Crippen molar-refractivity contribution in [3.63, 3.8) is 0 Å². The molecule has 1 aliphatic rings. The number of aliphatic imine (C=N–C) groups is 1. The van der Waals surface area contributed by atoms with Crippen molar-refractivity contribution in [1.82, 2.24) is 19.7 Å². The van der Waals surface area contributed by atoms with Crippen LogP contribution in [0.3, 0.4) is 0 Å². The number of carbonyl (C=O) groups excluding carboxylic acids is 1. The molecule has 0 unspecified atom stereocenters. The molecule has 5 rings (SSSR count). The number of benzene rings is 3. The van der Waals surface area contributed by atoms with Gasteiger partial charge in [-0.2, -0.15) is 0 Å². The Morgan fingerprint density at radius 2 is 1.69 bits per heavy atom. The Kier molecular flexibility index (Phi) is 6.86. The summed E-state index contributed by atoms with van der Waals surface area (Å²) in [4.78, 5) is 24.2. The third kappa shape index (κ3) is 5.18. The van der Waals surface area contributed by atoms with Gasteiger partial charge in [-0.3, -0.25) is 4.90 Å². The molecule has 2 heterocycles. The number of urea groups is 1. The lowest BCUT2D eigenvalue weighted by Crippen LogP contribution is -2.41. The third-order valence-corrected chi connectivity index (χ3v) is 7.13. The summed E-state index contributed by atoms with van der Waals surface area (Å²) < 4.78 is 1.76. The predicted octanol–water partition coefficient (Wildman–Crippen LogP) is 6.52. The lowest BCUT2D eigenvalue weighted by atomic mass is 10.1. The van der Waals surface area contributed by atoms with E-state index in [1.54, 1.807) is 27.7 Å². The largest absolute Gasteiger partial charge is 0.327 e. The molecule has 1 saturated heterocycles. The molecule has 36 heavy (non-hydrogen) atoms. The number of carbonyl (C=O) groups is 1. The van der Waals surface area contributed by atoms with Crippen molar-refractivity contribution in [1.29, 1.82) is 0 Å². The van der Waals surface area contributed by atoms with Crippen molar-refractivity contribution in [2.24, 2.45) is 4.99 Å². The van der Waals surface area contributed by atoms with E-state index in [2.05, 4.69) is 22.3 Å². The number of aromatic nitrogens is 3. The first-order valence-electron chi connectivity index (χ1n) is 11.9. The Bertz CT molecular complexity index is 1390. The molecule has 8 heteroatoms. The molecule has 0 saturated carbocycles. The highest BCUT2D eigenvalue weighted by atomic mass is 32.2. The van der Waals surface area contributed by atoms with Gasteiger partial charge in [0.15, 0.2) is 11.0 Å². The molecule has 1 N–H and O–H groups in total. The van der Waals surface area contributed by atoms with Crippen molar-refractivity contribution in [2.75, 3.05) is 17.6 Å². The van der Waals surface area contributed by atoms with Gasteiger partial charge >= 0.3 is 6.03 Å². The van der Waals surface area contributed by atoms with Crippen LogP contribution in [-0.2, 0) is 0 Å². The van der Waals surface area contributed by atoms with Gasteiger partial charge in [0.2, 0.25) is 0 Å². The highest BCUT2D eigenvalue weighted by molar-refractivity contribution is 8.13. The molecular weight excluding hydrogens is 468 g/mol. The summed E-state index contributed by atoms with van der Waals surface area (Å²) in [5.41, 5.74) is 6.88. The number of nitrogens with one attached hydrogen (secondary N) is 1. The van der Waals surface area contributed by atoms with Crippen LogP contribution >= 0.6 is 11.8 Å². The van der Waals surface area contributed by atoms with E-state index in [4.69, 9.17) is 4.99 Å². The van der Waals surface area contributed by atoms with E-state index in [-0.39, 0.29) is 6.03 Å². The zero-order chi connectivity index (χ0) is 25.1. The van der Waals surface area contributed by atoms with E-state index in [0.29, 0.717) is 18.1 Å². The number of rotatable bonds is 4. The first-order chi connectivity index (χ1) is 17.5. The van der Waals surface area contributed by atoms with Crippen molar-refractivity contribution in [3.8, 4) is 17.1 Å². The molecule has 0 spiro atoms. The normalized spacial score (nSPS) is 14.8. The lowest BCUT2D eigenvalue weighted by molar-refractivity contribution is 0.234. The Labute approximate surface area is 215 Å². The van der Waals surface area contributed by atoms with Crippen molar-refractivity contribution < 1.29 is 4.79 Å². The van der Waals surface area contributed by atoms with Crippen LogP contribution in [0.5, 0.6) is 0 Å². The number of hydrogen-bond donors (Lipinski definition) is 1. The van der Waals surface area contributed by atoms with Gasteiger partial charge < -0.3 is 5.32 Å². The van der Waals surface area contributed by atoms with E-state index >= 15 is 0 Å². The molecule has 0 aliphatic carbocycles. The van der Waals surface area contributed by atoms with E-state index in [1.165, 1.54) is 5.56 Å². The summed E-state index contributed by atoms with van der Waals surface area (Å²) in [5, 5.41) is 8.35. The molecule has 1 fully saturated rings. The van der Waals surface area contributed by atoms with E-state index in [9.17, 15) is 4.79 Å². The smallest absolute Gasteiger partial charge is 0.307 e. The summed E-state index contributed by atoms with van der Waals surface area (Å²) in [5.74, 6) is 1.58. The Morgan fingerprint density at radius 1 is 0.972 bits per heavy atom. The minimum atomic E-state index is -0.179. The third-order valence-electron chi connectivity index (χ3n) is 6.06. The van der Waals surface area contributed by atoms with Crippen molar-refractivity contribution >= 4 is 34.3 Å². The van der Waals surface area contributed by atoms with Crippen molar-refractivity contribution in [3.05, 3.63) is 89.7 Å². The van der Waals surface area contributed by atoms with Gasteiger partial charge in [0, 0.05) is 23.5 Å². The molecule has 3 aromatic carbocycles. The number of hydrogen-bond acceptors (Lipinski definition) is 5. The fraction of sp³-hybridized carbons (Fsp3) is 0.214. The van der Waals surface area contributed by atoms with Gasteiger partial charge in [-0.05, 0) is 74.7 Å². The van der Waals surface area contributed by atoms with Crippen LogP contribution in [0.15, 0.2) is 78.0 Å². The molecule has 182 valence electrons. The summed E-state index contributed by atoms with van der Waals surface area (Å²) in [6.45, 7) is 6.79. The first kappa shape index (κ1) is 23.8. The van der Waals surface area contributed by atoms with Gasteiger partial charge in [-0.15, -0.1) is 5.10 Å². The number of amidine groups is 1. The summed E-state index contributed by atoms with van der Waals surface area (Å²) in [7, 11) is 0. The maximum absolute atomic E-state index is 13.2. The van der Waals surface area contributed by atoms with Gasteiger partial charge in [-0.25, -0.2) is 19.5 Å². The second-order valence-corrected chi connectivity index (χ2v) is 9.91. The standard InChI is InChI=1S/C28H28N6OS/c1-19-8-14-24(15-9-19)34-18-29-26(32-34)22-10-12-23(13-11-22)30-27(35)33-16-5-17-36-28(33)31-25-20(2)6-4-7-21(25)3/h4,6-15,18H,5,16-17H2,1-3H3,(H,30,35)/b31-28-. The van der Waals surface area contributed by atoms with E-state index in [0.717, 1.165) is 45.4 Å². The van der Waals surface area contributed by atoms with Gasteiger partial charge in [0.05, 0.1) is 11.4 Å². The van der Waals surface area contributed by atoms with Crippen LogP contribution in [0, 0.1) is 20.8 Å². The number of anilines is 1. The minimum Gasteiger partial charge on any atom is -0.307 e.